The quantitative estimate of drug-likeness (QED) is 0.579. The highest BCUT2D eigenvalue weighted by Gasteiger charge is 2.17. The van der Waals surface area contributed by atoms with Gasteiger partial charge in [-0.15, -0.1) is 11.3 Å². The Morgan fingerprint density at radius 2 is 2.09 bits per heavy atom. The van der Waals surface area contributed by atoms with E-state index in [9.17, 15) is 4.79 Å². The van der Waals surface area contributed by atoms with E-state index in [-0.39, 0.29) is 11.2 Å². The van der Waals surface area contributed by atoms with Crippen molar-refractivity contribution in [2.24, 2.45) is 0 Å². The highest BCUT2D eigenvalue weighted by molar-refractivity contribution is 8.00. The summed E-state index contributed by atoms with van der Waals surface area (Å²) < 4.78 is 0. The number of hydrogen-bond acceptors (Lipinski definition) is 6. The maximum absolute atomic E-state index is 12.3. The number of fused-ring (bicyclic) bond motifs is 1. The minimum absolute atomic E-state index is 0.110. The van der Waals surface area contributed by atoms with Crippen LogP contribution in [0, 0.1) is 11.3 Å². The Labute approximate surface area is 141 Å². The summed E-state index contributed by atoms with van der Waals surface area (Å²) >= 11 is 2.96. The molecular weight excluding hydrogens is 328 g/mol. The Balaban J connectivity index is 1.70. The number of nitriles is 1. The molecule has 1 amide bonds. The minimum atomic E-state index is -0.302. The van der Waals surface area contributed by atoms with Gasteiger partial charge < -0.3 is 5.32 Å². The van der Waals surface area contributed by atoms with Crippen molar-refractivity contribution in [1.82, 2.24) is 9.97 Å². The SMILES string of the molecule is C[C@@H](Sc1ncnc2sccc12)C(=O)Nc1ccc(C#N)cc1. The van der Waals surface area contributed by atoms with E-state index < -0.39 is 0 Å². The summed E-state index contributed by atoms with van der Waals surface area (Å²) in [7, 11) is 0. The molecule has 3 aromatic rings. The molecule has 0 unspecified atom stereocenters. The molecule has 5 nitrogen and oxygen atoms in total. The first-order valence-electron chi connectivity index (χ1n) is 6.83. The molecule has 2 aromatic heterocycles. The van der Waals surface area contributed by atoms with Gasteiger partial charge in [0.2, 0.25) is 5.91 Å². The zero-order valence-electron chi connectivity index (χ0n) is 12.2. The van der Waals surface area contributed by atoms with Crippen molar-refractivity contribution in [3.8, 4) is 6.07 Å². The van der Waals surface area contributed by atoms with Gasteiger partial charge in [0.25, 0.3) is 0 Å². The van der Waals surface area contributed by atoms with E-state index in [1.807, 2.05) is 24.4 Å². The van der Waals surface area contributed by atoms with Crippen LogP contribution in [0.3, 0.4) is 0 Å². The third-order valence-corrected chi connectivity index (χ3v) is 5.10. The molecule has 23 heavy (non-hydrogen) atoms. The molecule has 1 N–H and O–H groups in total. The monoisotopic (exact) mass is 340 g/mol. The summed E-state index contributed by atoms with van der Waals surface area (Å²) in [5.41, 5.74) is 1.23. The maximum Gasteiger partial charge on any atom is 0.237 e. The van der Waals surface area contributed by atoms with Crippen molar-refractivity contribution in [3.05, 3.63) is 47.6 Å². The molecule has 114 valence electrons. The van der Waals surface area contributed by atoms with Crippen LogP contribution in [-0.2, 0) is 4.79 Å². The Morgan fingerprint density at radius 1 is 1.30 bits per heavy atom. The topological polar surface area (TPSA) is 78.7 Å². The summed E-state index contributed by atoms with van der Waals surface area (Å²) in [6.45, 7) is 1.84. The van der Waals surface area contributed by atoms with Crippen molar-refractivity contribution in [2.75, 3.05) is 5.32 Å². The van der Waals surface area contributed by atoms with Gasteiger partial charge in [0.05, 0.1) is 16.9 Å². The summed E-state index contributed by atoms with van der Waals surface area (Å²) in [5.74, 6) is -0.110. The van der Waals surface area contributed by atoms with Crippen molar-refractivity contribution in [2.45, 2.75) is 17.2 Å². The summed E-state index contributed by atoms with van der Waals surface area (Å²) in [6.07, 6.45) is 1.52. The Morgan fingerprint density at radius 3 is 2.83 bits per heavy atom. The van der Waals surface area contributed by atoms with Gasteiger partial charge in [0, 0.05) is 11.1 Å². The molecule has 0 aliphatic rings. The number of nitrogens with one attached hydrogen (secondary N) is 1. The van der Waals surface area contributed by atoms with E-state index in [1.54, 1.807) is 35.6 Å². The second-order valence-corrected chi connectivity index (χ2v) is 6.98. The van der Waals surface area contributed by atoms with Crippen LogP contribution in [0.1, 0.15) is 12.5 Å². The van der Waals surface area contributed by atoms with Crippen molar-refractivity contribution >= 4 is 44.9 Å². The second kappa shape index (κ2) is 6.77. The highest BCUT2D eigenvalue weighted by atomic mass is 32.2. The molecule has 2 heterocycles. The fraction of sp³-hybridized carbons (Fsp3) is 0.125. The minimum Gasteiger partial charge on any atom is -0.325 e. The first-order chi connectivity index (χ1) is 11.2. The molecule has 3 rings (SSSR count). The number of thiophene rings is 1. The van der Waals surface area contributed by atoms with Crippen LogP contribution < -0.4 is 5.32 Å². The van der Waals surface area contributed by atoms with Gasteiger partial charge >= 0.3 is 0 Å². The molecule has 0 aliphatic carbocycles. The zero-order valence-corrected chi connectivity index (χ0v) is 13.8. The van der Waals surface area contributed by atoms with Crippen LogP contribution in [-0.4, -0.2) is 21.1 Å². The average molecular weight is 340 g/mol. The highest BCUT2D eigenvalue weighted by Crippen LogP contribution is 2.30. The Hall–Kier alpha value is -2.43. The number of amides is 1. The molecule has 7 heteroatoms. The molecule has 0 radical (unpaired) electrons. The smallest absolute Gasteiger partial charge is 0.237 e. The van der Waals surface area contributed by atoms with Gasteiger partial charge in [0.15, 0.2) is 0 Å². The third kappa shape index (κ3) is 3.50. The normalized spacial score (nSPS) is 11.8. The lowest BCUT2D eigenvalue weighted by Crippen LogP contribution is -2.22. The van der Waals surface area contributed by atoms with E-state index in [2.05, 4.69) is 15.3 Å². The number of aromatic nitrogens is 2. The Bertz CT molecular complexity index is 883. The van der Waals surface area contributed by atoms with Crippen LogP contribution in [0.4, 0.5) is 5.69 Å². The number of anilines is 1. The summed E-state index contributed by atoms with van der Waals surface area (Å²) in [5, 5.41) is 15.1. The molecule has 0 bridgehead atoms. The number of carbonyl (C=O) groups is 1. The van der Waals surface area contributed by atoms with Crippen molar-refractivity contribution in [3.63, 3.8) is 0 Å². The standard InChI is InChI=1S/C16H12N4OS2/c1-10(14(21)20-12-4-2-11(8-17)3-5-12)23-16-13-6-7-22-15(13)18-9-19-16/h2-7,9-10H,1H3,(H,20,21)/t10-/m1/s1. The molecule has 1 atom stereocenters. The lowest BCUT2D eigenvalue weighted by Gasteiger charge is -2.12. The first-order valence-corrected chi connectivity index (χ1v) is 8.59. The molecular formula is C16H12N4OS2. The third-order valence-electron chi connectivity index (χ3n) is 3.16. The molecule has 0 saturated heterocycles. The van der Waals surface area contributed by atoms with Crippen LogP contribution in [0.15, 0.2) is 47.1 Å². The number of hydrogen-bond donors (Lipinski definition) is 1. The van der Waals surface area contributed by atoms with E-state index in [0.717, 1.165) is 15.2 Å². The van der Waals surface area contributed by atoms with Gasteiger partial charge in [0.1, 0.15) is 16.2 Å². The predicted octanol–water partition coefficient (Wildman–Crippen LogP) is 3.68. The van der Waals surface area contributed by atoms with Gasteiger partial charge in [-0.3, -0.25) is 4.79 Å². The zero-order chi connectivity index (χ0) is 16.2. The van der Waals surface area contributed by atoms with Crippen molar-refractivity contribution < 1.29 is 4.79 Å². The van der Waals surface area contributed by atoms with Crippen LogP contribution in [0.2, 0.25) is 0 Å². The predicted molar refractivity (Wildman–Crippen MR) is 92.5 cm³/mol. The fourth-order valence-corrected chi connectivity index (χ4v) is 3.65. The van der Waals surface area contributed by atoms with Gasteiger partial charge in [-0.05, 0) is 42.6 Å². The second-order valence-electron chi connectivity index (χ2n) is 4.76. The summed E-state index contributed by atoms with van der Waals surface area (Å²) in [4.78, 5) is 21.7. The number of benzene rings is 1. The average Bonchev–Trinajstić information content (AvgIpc) is 3.05. The van der Waals surface area contributed by atoms with Crippen molar-refractivity contribution in [1.29, 1.82) is 5.26 Å². The van der Waals surface area contributed by atoms with Crippen LogP contribution in [0.25, 0.3) is 10.2 Å². The maximum atomic E-state index is 12.3. The van der Waals surface area contributed by atoms with Gasteiger partial charge in [-0.1, -0.05) is 11.8 Å². The largest absolute Gasteiger partial charge is 0.325 e. The number of rotatable bonds is 4. The lowest BCUT2D eigenvalue weighted by atomic mass is 10.2. The molecule has 0 fully saturated rings. The van der Waals surface area contributed by atoms with Crippen LogP contribution >= 0.6 is 23.1 Å². The number of thioether (sulfide) groups is 1. The molecule has 0 spiro atoms. The van der Waals surface area contributed by atoms with E-state index in [0.29, 0.717) is 11.3 Å². The fourth-order valence-electron chi connectivity index (χ4n) is 1.95. The lowest BCUT2D eigenvalue weighted by molar-refractivity contribution is -0.115. The van der Waals surface area contributed by atoms with Gasteiger partial charge in [-0.2, -0.15) is 5.26 Å². The van der Waals surface area contributed by atoms with Crippen LogP contribution in [0.5, 0.6) is 0 Å². The van der Waals surface area contributed by atoms with E-state index in [1.165, 1.54) is 18.1 Å². The van der Waals surface area contributed by atoms with E-state index >= 15 is 0 Å². The summed E-state index contributed by atoms with van der Waals surface area (Å²) in [6, 6.07) is 10.8. The van der Waals surface area contributed by atoms with Gasteiger partial charge in [-0.25, -0.2) is 9.97 Å². The number of nitrogens with zero attached hydrogens (tertiary/aromatic N) is 3. The van der Waals surface area contributed by atoms with E-state index in [4.69, 9.17) is 5.26 Å². The first kappa shape index (κ1) is 15.5. The molecule has 0 aliphatic heterocycles. The molecule has 1 aromatic carbocycles. The Kier molecular flexibility index (Phi) is 4.55. The molecule has 0 saturated carbocycles. The number of carbonyl (C=O) groups excluding carboxylic acids is 1.